The van der Waals surface area contributed by atoms with Crippen molar-refractivity contribution in [2.24, 2.45) is 11.8 Å². The fraction of sp³-hybridized carbons (Fsp3) is 0.625. The molecule has 32 heavy (non-hydrogen) atoms. The molecule has 0 spiro atoms. The third-order valence-corrected chi connectivity index (χ3v) is 6.37. The van der Waals surface area contributed by atoms with E-state index in [1.54, 1.807) is 17.0 Å². The van der Waals surface area contributed by atoms with Gasteiger partial charge in [-0.25, -0.2) is 0 Å². The number of amides is 3. The van der Waals surface area contributed by atoms with Crippen molar-refractivity contribution in [3.8, 4) is 11.5 Å². The fourth-order valence-corrected chi connectivity index (χ4v) is 4.70. The molecule has 1 aromatic rings. The standard InChI is InChI=1S/C24H33N3O5/c1-15(2)11-19(24(30)25-17-5-3-4-6-17)26-23(29)16-12-22(28)27(14-16)18-7-8-20-21(13-18)32-10-9-31-20/h7-8,13,15-17,19H,3-6,9-12,14H2,1-2H3,(H,25,30)(H,26,29)/t16?,19-/m1/s1. The molecule has 2 atom stereocenters. The maximum absolute atomic E-state index is 13.0. The largest absolute Gasteiger partial charge is 0.486 e. The van der Waals surface area contributed by atoms with E-state index < -0.39 is 12.0 Å². The average Bonchev–Trinajstić information content (AvgIpc) is 3.42. The highest BCUT2D eigenvalue weighted by Gasteiger charge is 2.37. The Morgan fingerprint density at radius 1 is 1.12 bits per heavy atom. The molecule has 3 amide bonds. The van der Waals surface area contributed by atoms with Crippen LogP contribution in [-0.2, 0) is 14.4 Å². The normalized spacial score (nSPS) is 21.7. The van der Waals surface area contributed by atoms with Crippen LogP contribution in [0.4, 0.5) is 5.69 Å². The molecule has 2 heterocycles. The number of hydrogen-bond donors (Lipinski definition) is 2. The summed E-state index contributed by atoms with van der Waals surface area (Å²) in [6, 6.07) is 5.00. The lowest BCUT2D eigenvalue weighted by molar-refractivity contribution is -0.132. The molecule has 1 unspecified atom stereocenters. The van der Waals surface area contributed by atoms with E-state index in [0.29, 0.717) is 36.8 Å². The highest BCUT2D eigenvalue weighted by atomic mass is 16.6. The molecule has 8 heteroatoms. The van der Waals surface area contributed by atoms with E-state index in [0.717, 1.165) is 25.7 Å². The first-order valence-electron chi connectivity index (χ1n) is 11.7. The number of nitrogens with one attached hydrogen (secondary N) is 2. The van der Waals surface area contributed by atoms with Gasteiger partial charge in [0.05, 0.1) is 5.92 Å². The number of fused-ring (bicyclic) bond motifs is 1. The molecule has 1 saturated heterocycles. The number of carbonyl (C=O) groups is 3. The van der Waals surface area contributed by atoms with Crippen LogP contribution in [0.1, 0.15) is 52.4 Å². The van der Waals surface area contributed by atoms with Gasteiger partial charge in [0.25, 0.3) is 0 Å². The maximum atomic E-state index is 13.0. The third-order valence-electron chi connectivity index (χ3n) is 6.37. The van der Waals surface area contributed by atoms with Crippen molar-refractivity contribution in [3.63, 3.8) is 0 Å². The van der Waals surface area contributed by atoms with Gasteiger partial charge in [-0.05, 0) is 37.3 Å². The minimum Gasteiger partial charge on any atom is -0.486 e. The highest BCUT2D eigenvalue weighted by molar-refractivity contribution is 6.01. The molecule has 0 radical (unpaired) electrons. The second-order valence-corrected chi connectivity index (χ2v) is 9.41. The number of nitrogens with zero attached hydrogens (tertiary/aromatic N) is 1. The van der Waals surface area contributed by atoms with Crippen molar-refractivity contribution in [2.45, 2.75) is 64.5 Å². The predicted octanol–water partition coefficient (Wildman–Crippen LogP) is 2.40. The smallest absolute Gasteiger partial charge is 0.242 e. The first-order chi connectivity index (χ1) is 15.4. The zero-order valence-corrected chi connectivity index (χ0v) is 18.9. The second-order valence-electron chi connectivity index (χ2n) is 9.41. The molecule has 8 nitrogen and oxygen atoms in total. The Labute approximate surface area is 189 Å². The zero-order chi connectivity index (χ0) is 22.7. The summed E-state index contributed by atoms with van der Waals surface area (Å²) in [5, 5.41) is 6.03. The summed E-state index contributed by atoms with van der Waals surface area (Å²) in [7, 11) is 0. The Balaban J connectivity index is 1.39. The van der Waals surface area contributed by atoms with E-state index in [4.69, 9.17) is 9.47 Å². The topological polar surface area (TPSA) is 97.0 Å². The van der Waals surface area contributed by atoms with Crippen LogP contribution in [-0.4, -0.2) is 49.6 Å². The van der Waals surface area contributed by atoms with Gasteiger partial charge in [0.1, 0.15) is 19.3 Å². The van der Waals surface area contributed by atoms with Gasteiger partial charge in [-0.3, -0.25) is 14.4 Å². The minimum atomic E-state index is -0.582. The van der Waals surface area contributed by atoms with Crippen LogP contribution >= 0.6 is 0 Å². The van der Waals surface area contributed by atoms with Gasteiger partial charge >= 0.3 is 0 Å². The summed E-state index contributed by atoms with van der Waals surface area (Å²) in [4.78, 5) is 40.2. The van der Waals surface area contributed by atoms with Gasteiger partial charge in [-0.1, -0.05) is 26.7 Å². The van der Waals surface area contributed by atoms with Gasteiger partial charge in [0.2, 0.25) is 17.7 Å². The van der Waals surface area contributed by atoms with E-state index in [-0.39, 0.29) is 42.6 Å². The Bertz CT molecular complexity index is 865. The zero-order valence-electron chi connectivity index (χ0n) is 18.9. The summed E-state index contributed by atoms with van der Waals surface area (Å²) >= 11 is 0. The van der Waals surface area contributed by atoms with Crippen molar-refractivity contribution in [1.82, 2.24) is 10.6 Å². The van der Waals surface area contributed by atoms with E-state index in [9.17, 15) is 14.4 Å². The maximum Gasteiger partial charge on any atom is 0.242 e. The number of anilines is 1. The number of rotatable bonds is 7. The van der Waals surface area contributed by atoms with E-state index in [1.807, 2.05) is 19.9 Å². The van der Waals surface area contributed by atoms with E-state index in [1.165, 1.54) is 0 Å². The number of carbonyl (C=O) groups excluding carboxylic acids is 3. The van der Waals surface area contributed by atoms with E-state index in [2.05, 4.69) is 10.6 Å². The van der Waals surface area contributed by atoms with Crippen molar-refractivity contribution in [3.05, 3.63) is 18.2 Å². The molecule has 2 N–H and O–H groups in total. The minimum absolute atomic E-state index is 0.113. The van der Waals surface area contributed by atoms with Gasteiger partial charge in [-0.15, -0.1) is 0 Å². The quantitative estimate of drug-likeness (QED) is 0.675. The first-order valence-corrected chi connectivity index (χ1v) is 11.7. The molecule has 3 aliphatic rings. The second kappa shape index (κ2) is 9.79. The van der Waals surface area contributed by atoms with Gasteiger partial charge < -0.3 is 25.0 Å². The Morgan fingerprint density at radius 2 is 1.84 bits per heavy atom. The molecule has 1 saturated carbocycles. The lowest BCUT2D eigenvalue weighted by Crippen LogP contribution is -2.51. The Morgan fingerprint density at radius 3 is 2.56 bits per heavy atom. The SMILES string of the molecule is CC(C)C[C@@H](NC(=O)C1CC(=O)N(c2ccc3c(c2)OCCO3)C1)C(=O)NC1CCCC1. The van der Waals surface area contributed by atoms with Gasteiger partial charge in [0, 0.05) is 30.8 Å². The van der Waals surface area contributed by atoms with Crippen LogP contribution in [0.5, 0.6) is 11.5 Å². The first kappa shape index (κ1) is 22.4. The lowest BCUT2D eigenvalue weighted by Gasteiger charge is -2.24. The van der Waals surface area contributed by atoms with Crippen LogP contribution in [0.2, 0.25) is 0 Å². The number of ether oxygens (including phenoxy) is 2. The monoisotopic (exact) mass is 443 g/mol. The summed E-state index contributed by atoms with van der Waals surface area (Å²) in [5.41, 5.74) is 0.687. The third kappa shape index (κ3) is 5.16. The molecule has 2 fully saturated rings. The molecule has 0 aromatic heterocycles. The van der Waals surface area contributed by atoms with Gasteiger partial charge in [0.15, 0.2) is 11.5 Å². The van der Waals surface area contributed by atoms with Crippen molar-refractivity contribution < 1.29 is 23.9 Å². The summed E-state index contributed by atoms with van der Waals surface area (Å²) in [6.45, 7) is 5.32. The Kier molecular flexibility index (Phi) is 6.86. The van der Waals surface area contributed by atoms with Crippen molar-refractivity contribution >= 4 is 23.4 Å². The average molecular weight is 444 g/mol. The van der Waals surface area contributed by atoms with E-state index >= 15 is 0 Å². The molecule has 4 rings (SSSR count). The van der Waals surface area contributed by atoms with Crippen LogP contribution in [0.3, 0.4) is 0 Å². The predicted molar refractivity (Wildman–Crippen MR) is 120 cm³/mol. The van der Waals surface area contributed by atoms with Crippen molar-refractivity contribution in [2.75, 3.05) is 24.7 Å². The number of benzene rings is 1. The molecule has 1 aliphatic carbocycles. The molecular weight excluding hydrogens is 410 g/mol. The Hall–Kier alpha value is -2.77. The number of hydrogen-bond acceptors (Lipinski definition) is 5. The van der Waals surface area contributed by atoms with Gasteiger partial charge in [-0.2, -0.15) is 0 Å². The van der Waals surface area contributed by atoms with Crippen LogP contribution in [0.15, 0.2) is 18.2 Å². The molecule has 2 aliphatic heterocycles. The van der Waals surface area contributed by atoms with Crippen LogP contribution < -0.4 is 25.0 Å². The lowest BCUT2D eigenvalue weighted by atomic mass is 10.0. The van der Waals surface area contributed by atoms with Crippen LogP contribution in [0.25, 0.3) is 0 Å². The van der Waals surface area contributed by atoms with Crippen LogP contribution in [0, 0.1) is 11.8 Å². The molecule has 174 valence electrons. The fourth-order valence-electron chi connectivity index (χ4n) is 4.70. The molecule has 1 aromatic carbocycles. The van der Waals surface area contributed by atoms with Crippen molar-refractivity contribution in [1.29, 1.82) is 0 Å². The highest BCUT2D eigenvalue weighted by Crippen LogP contribution is 2.36. The molecular formula is C24H33N3O5. The summed E-state index contributed by atoms with van der Waals surface area (Å²) in [5.74, 6) is 0.551. The molecule has 0 bridgehead atoms. The summed E-state index contributed by atoms with van der Waals surface area (Å²) < 4.78 is 11.2. The summed E-state index contributed by atoms with van der Waals surface area (Å²) in [6.07, 6.45) is 4.94.